The molecule has 0 aromatic carbocycles. The summed E-state index contributed by atoms with van der Waals surface area (Å²) in [6.07, 6.45) is 32.6. The molecule has 42 heavy (non-hydrogen) atoms. The van der Waals surface area contributed by atoms with Crippen LogP contribution in [0.3, 0.4) is 0 Å². The molecule has 0 heterocycles. The Morgan fingerprint density at radius 2 is 0.952 bits per heavy atom. The zero-order chi connectivity index (χ0) is 30.8. The second-order valence-corrected chi connectivity index (χ2v) is 13.0. The molecular weight excluding hydrogens is 522 g/mol. The summed E-state index contributed by atoms with van der Waals surface area (Å²) < 4.78 is 17.4. The molecule has 0 rings (SSSR count). The van der Waals surface area contributed by atoms with Crippen LogP contribution >= 0.6 is 0 Å². The summed E-state index contributed by atoms with van der Waals surface area (Å²) in [6.45, 7) is 11.8. The van der Waals surface area contributed by atoms with Crippen LogP contribution in [-0.4, -0.2) is 45.2 Å². The van der Waals surface area contributed by atoms with Crippen molar-refractivity contribution in [1.82, 2.24) is 5.32 Å². The molecular formula is C37H75NO4. The summed E-state index contributed by atoms with van der Waals surface area (Å²) in [5, 5.41) is 2.89. The van der Waals surface area contributed by atoms with Crippen LogP contribution in [0.1, 0.15) is 188 Å². The Hall–Kier alpha value is -0.810. The minimum absolute atomic E-state index is 0.118. The van der Waals surface area contributed by atoms with Crippen molar-refractivity contribution in [3.8, 4) is 0 Å². The largest absolute Gasteiger partial charge is 0.450 e. The maximum absolute atomic E-state index is 12.1. The number of carbonyl (C=O) groups excluding carboxylic acids is 1. The van der Waals surface area contributed by atoms with Crippen LogP contribution in [-0.2, 0) is 14.2 Å². The lowest BCUT2D eigenvalue weighted by atomic mass is 10.1. The van der Waals surface area contributed by atoms with Gasteiger partial charge in [-0.2, -0.15) is 0 Å². The predicted molar refractivity (Wildman–Crippen MR) is 182 cm³/mol. The first kappa shape index (κ1) is 41.2. The summed E-state index contributed by atoms with van der Waals surface area (Å²) in [4.78, 5) is 12.1. The molecule has 0 aliphatic heterocycles. The van der Waals surface area contributed by atoms with Crippen molar-refractivity contribution in [2.24, 2.45) is 5.92 Å². The molecule has 0 saturated carbocycles. The van der Waals surface area contributed by atoms with Crippen LogP contribution in [0.25, 0.3) is 0 Å². The number of amides is 1. The van der Waals surface area contributed by atoms with E-state index in [9.17, 15) is 4.79 Å². The molecule has 1 unspecified atom stereocenters. The van der Waals surface area contributed by atoms with E-state index in [2.05, 4.69) is 33.0 Å². The Balaban J connectivity index is 3.93. The highest BCUT2D eigenvalue weighted by atomic mass is 16.6. The quantitative estimate of drug-likeness (QED) is 0.0750. The summed E-state index contributed by atoms with van der Waals surface area (Å²) in [7, 11) is 0. The van der Waals surface area contributed by atoms with E-state index < -0.39 is 0 Å². The van der Waals surface area contributed by atoms with Gasteiger partial charge < -0.3 is 19.5 Å². The van der Waals surface area contributed by atoms with Crippen LogP contribution < -0.4 is 5.32 Å². The standard InChI is InChI=1S/C37H75NO4/c1-5-7-9-11-13-15-17-19-21-23-25-27-30-40-34-36(33-38-37(39)42-32-29-35(3)4)41-31-28-26-24-22-20-18-16-14-12-10-8-6-2/h35-36H,5-34H2,1-4H3,(H,38,39). The maximum atomic E-state index is 12.1. The van der Waals surface area contributed by atoms with Gasteiger partial charge in [-0.05, 0) is 25.2 Å². The van der Waals surface area contributed by atoms with Gasteiger partial charge in [-0.25, -0.2) is 4.79 Å². The lowest BCUT2D eigenvalue weighted by Gasteiger charge is -2.19. The number of nitrogens with one attached hydrogen (secondary N) is 1. The number of alkyl carbamates (subject to hydrolysis) is 1. The van der Waals surface area contributed by atoms with E-state index in [1.54, 1.807) is 0 Å². The molecule has 0 saturated heterocycles. The van der Waals surface area contributed by atoms with E-state index >= 15 is 0 Å². The molecule has 1 N–H and O–H groups in total. The van der Waals surface area contributed by atoms with E-state index in [0.717, 1.165) is 32.5 Å². The van der Waals surface area contributed by atoms with Crippen LogP contribution in [0.15, 0.2) is 0 Å². The molecule has 0 aliphatic carbocycles. The number of hydrogen-bond acceptors (Lipinski definition) is 4. The summed E-state index contributed by atoms with van der Waals surface area (Å²) in [5.41, 5.74) is 0. The first-order chi connectivity index (χ1) is 20.6. The van der Waals surface area contributed by atoms with E-state index in [-0.39, 0.29) is 12.2 Å². The number of hydrogen-bond donors (Lipinski definition) is 1. The minimum atomic E-state index is -0.351. The first-order valence-electron chi connectivity index (χ1n) is 18.7. The molecule has 0 aromatic rings. The predicted octanol–water partition coefficient (Wildman–Crippen LogP) is 11.6. The Bertz CT molecular complexity index is 528. The minimum Gasteiger partial charge on any atom is -0.450 e. The van der Waals surface area contributed by atoms with Crippen molar-refractivity contribution in [3.63, 3.8) is 0 Å². The second-order valence-electron chi connectivity index (χ2n) is 13.0. The molecule has 252 valence electrons. The van der Waals surface area contributed by atoms with Crippen LogP contribution in [0, 0.1) is 5.92 Å². The summed E-state index contributed by atoms with van der Waals surface area (Å²) in [5.74, 6) is 0.526. The van der Waals surface area contributed by atoms with E-state index in [0.29, 0.717) is 25.7 Å². The Morgan fingerprint density at radius 3 is 1.38 bits per heavy atom. The van der Waals surface area contributed by atoms with Gasteiger partial charge in [0.05, 0.1) is 19.3 Å². The van der Waals surface area contributed by atoms with Gasteiger partial charge in [0.15, 0.2) is 0 Å². The monoisotopic (exact) mass is 598 g/mol. The third-order valence-corrected chi connectivity index (χ3v) is 8.20. The Kier molecular flexibility index (Phi) is 34.0. The fraction of sp³-hybridized carbons (Fsp3) is 0.973. The molecule has 0 fully saturated rings. The van der Waals surface area contributed by atoms with Crippen LogP contribution in [0.5, 0.6) is 0 Å². The zero-order valence-electron chi connectivity index (χ0n) is 29.0. The molecule has 0 aliphatic rings. The summed E-state index contributed by atoms with van der Waals surface area (Å²) in [6, 6.07) is 0. The van der Waals surface area contributed by atoms with Crippen molar-refractivity contribution >= 4 is 6.09 Å². The number of unbranched alkanes of at least 4 members (excludes halogenated alkanes) is 22. The Labute approximate surface area is 263 Å². The van der Waals surface area contributed by atoms with E-state index in [1.807, 2.05) is 0 Å². The topological polar surface area (TPSA) is 56.8 Å². The van der Waals surface area contributed by atoms with Gasteiger partial charge in [-0.3, -0.25) is 0 Å². The van der Waals surface area contributed by atoms with E-state index in [4.69, 9.17) is 14.2 Å². The molecule has 5 heteroatoms. The third-order valence-electron chi connectivity index (χ3n) is 8.20. The molecule has 0 radical (unpaired) electrons. The van der Waals surface area contributed by atoms with Crippen molar-refractivity contribution in [1.29, 1.82) is 0 Å². The number of ether oxygens (including phenoxy) is 3. The highest BCUT2D eigenvalue weighted by Crippen LogP contribution is 2.13. The zero-order valence-corrected chi connectivity index (χ0v) is 29.0. The van der Waals surface area contributed by atoms with Gasteiger partial charge in [0.25, 0.3) is 0 Å². The molecule has 1 amide bonds. The third kappa shape index (κ3) is 33.7. The fourth-order valence-electron chi connectivity index (χ4n) is 5.25. The highest BCUT2D eigenvalue weighted by Gasteiger charge is 2.12. The van der Waals surface area contributed by atoms with Crippen LogP contribution in [0.2, 0.25) is 0 Å². The van der Waals surface area contributed by atoms with Gasteiger partial charge in [0, 0.05) is 19.8 Å². The lowest BCUT2D eigenvalue weighted by Crippen LogP contribution is -2.37. The Morgan fingerprint density at radius 1 is 0.548 bits per heavy atom. The average Bonchev–Trinajstić information content (AvgIpc) is 2.97. The smallest absolute Gasteiger partial charge is 0.407 e. The summed E-state index contributed by atoms with van der Waals surface area (Å²) >= 11 is 0. The van der Waals surface area contributed by atoms with Gasteiger partial charge >= 0.3 is 6.09 Å². The number of carbonyl (C=O) groups is 1. The molecule has 0 bridgehead atoms. The van der Waals surface area contributed by atoms with Crippen molar-refractivity contribution in [2.45, 2.75) is 194 Å². The SMILES string of the molecule is CCCCCCCCCCCCCCOCC(CNC(=O)OCCC(C)C)OCCCCCCCCCCCCCC. The van der Waals surface area contributed by atoms with Gasteiger partial charge in [0.2, 0.25) is 0 Å². The van der Waals surface area contributed by atoms with Gasteiger partial charge in [0.1, 0.15) is 0 Å². The van der Waals surface area contributed by atoms with Crippen molar-refractivity contribution in [2.75, 3.05) is 33.0 Å². The molecule has 0 spiro atoms. The molecule has 5 nitrogen and oxygen atoms in total. The fourth-order valence-corrected chi connectivity index (χ4v) is 5.25. The van der Waals surface area contributed by atoms with Crippen molar-refractivity contribution < 1.29 is 19.0 Å². The lowest BCUT2D eigenvalue weighted by molar-refractivity contribution is -0.0175. The van der Waals surface area contributed by atoms with Crippen LogP contribution in [0.4, 0.5) is 4.79 Å². The average molecular weight is 598 g/mol. The maximum Gasteiger partial charge on any atom is 0.407 e. The first-order valence-corrected chi connectivity index (χ1v) is 18.7. The second kappa shape index (κ2) is 34.7. The van der Waals surface area contributed by atoms with Crippen molar-refractivity contribution in [3.05, 3.63) is 0 Å². The highest BCUT2D eigenvalue weighted by molar-refractivity contribution is 5.67. The van der Waals surface area contributed by atoms with Gasteiger partial charge in [-0.15, -0.1) is 0 Å². The molecule has 1 atom stereocenters. The normalized spacial score (nSPS) is 12.2. The van der Waals surface area contributed by atoms with Gasteiger partial charge in [-0.1, -0.05) is 169 Å². The van der Waals surface area contributed by atoms with E-state index in [1.165, 1.54) is 141 Å². The molecule has 0 aromatic heterocycles. The number of rotatable bonds is 34.